The van der Waals surface area contributed by atoms with Crippen molar-refractivity contribution in [3.05, 3.63) is 71.8 Å². The number of rotatable bonds is 5. The Kier molecular flexibility index (Phi) is 5.33. The molecule has 0 N–H and O–H groups in total. The first-order valence-electron chi connectivity index (χ1n) is 8.14. The van der Waals surface area contributed by atoms with Crippen molar-refractivity contribution in [2.75, 3.05) is 0 Å². The Hall–Kier alpha value is -1.54. The maximum atomic E-state index is 13.0. The van der Waals surface area contributed by atoms with Gasteiger partial charge in [-0.15, -0.1) is 11.8 Å². The molecule has 0 spiro atoms. The molecular formula is C20H22OS. The largest absolute Gasteiger partial charge is 0.293 e. The van der Waals surface area contributed by atoms with Crippen molar-refractivity contribution in [3.8, 4) is 0 Å². The van der Waals surface area contributed by atoms with Gasteiger partial charge in [-0.05, 0) is 18.4 Å². The van der Waals surface area contributed by atoms with Crippen LogP contribution in [0.1, 0.15) is 53.3 Å². The zero-order valence-corrected chi connectivity index (χ0v) is 13.6. The molecule has 0 amide bonds. The first-order valence-corrected chi connectivity index (χ1v) is 9.08. The Morgan fingerprint density at radius 2 is 1.45 bits per heavy atom. The van der Waals surface area contributed by atoms with Crippen LogP contribution in [-0.2, 0) is 0 Å². The van der Waals surface area contributed by atoms with Crippen molar-refractivity contribution in [1.29, 1.82) is 0 Å². The van der Waals surface area contributed by atoms with E-state index in [1.807, 2.05) is 60.3 Å². The third-order valence-electron chi connectivity index (χ3n) is 4.28. The van der Waals surface area contributed by atoms with E-state index in [1.54, 1.807) is 0 Å². The van der Waals surface area contributed by atoms with E-state index >= 15 is 0 Å². The lowest BCUT2D eigenvalue weighted by Gasteiger charge is -2.26. The molecule has 0 bridgehead atoms. The van der Waals surface area contributed by atoms with E-state index < -0.39 is 0 Å². The van der Waals surface area contributed by atoms with Gasteiger partial charge in [0.15, 0.2) is 5.78 Å². The Labute approximate surface area is 137 Å². The van der Waals surface area contributed by atoms with Crippen LogP contribution >= 0.6 is 11.8 Å². The van der Waals surface area contributed by atoms with Crippen LogP contribution in [-0.4, -0.2) is 11.0 Å². The normalized spacial score (nSPS) is 17.1. The second-order valence-electron chi connectivity index (χ2n) is 5.92. The van der Waals surface area contributed by atoms with E-state index in [1.165, 1.54) is 32.1 Å². The zero-order chi connectivity index (χ0) is 15.2. The minimum Gasteiger partial charge on any atom is -0.293 e. The van der Waals surface area contributed by atoms with Crippen LogP contribution < -0.4 is 0 Å². The van der Waals surface area contributed by atoms with Gasteiger partial charge in [-0.3, -0.25) is 4.79 Å². The van der Waals surface area contributed by atoms with Crippen molar-refractivity contribution < 1.29 is 4.79 Å². The first kappa shape index (κ1) is 15.4. The van der Waals surface area contributed by atoms with Gasteiger partial charge in [0.2, 0.25) is 0 Å². The summed E-state index contributed by atoms with van der Waals surface area (Å²) in [5.74, 6) is 0.238. The number of carbonyl (C=O) groups excluding carboxylic acids is 1. The maximum absolute atomic E-state index is 13.0. The van der Waals surface area contributed by atoms with E-state index in [0.717, 1.165) is 11.1 Å². The smallest absolute Gasteiger partial charge is 0.180 e. The summed E-state index contributed by atoms with van der Waals surface area (Å²) in [4.78, 5) is 13.0. The molecule has 1 unspecified atom stereocenters. The van der Waals surface area contributed by atoms with Crippen LogP contribution in [0.15, 0.2) is 60.7 Å². The average Bonchev–Trinajstić information content (AvgIpc) is 2.61. The Morgan fingerprint density at radius 3 is 2.09 bits per heavy atom. The molecule has 0 heterocycles. The molecule has 22 heavy (non-hydrogen) atoms. The van der Waals surface area contributed by atoms with Crippen LogP contribution in [0.5, 0.6) is 0 Å². The number of hydrogen-bond donors (Lipinski definition) is 0. The standard InChI is InChI=1S/C20H22OS/c21-19(16-10-4-1-5-11-16)20(17-12-6-2-7-13-17)22-18-14-8-3-9-15-18/h1-2,4-7,10-13,18,20H,3,8-9,14-15H2. The molecule has 1 fully saturated rings. The third kappa shape index (κ3) is 3.80. The summed E-state index contributed by atoms with van der Waals surface area (Å²) in [6.45, 7) is 0. The molecule has 1 aliphatic rings. The lowest BCUT2D eigenvalue weighted by Crippen LogP contribution is -2.16. The van der Waals surface area contributed by atoms with Crippen molar-refractivity contribution >= 4 is 17.5 Å². The highest BCUT2D eigenvalue weighted by atomic mass is 32.2. The number of carbonyl (C=O) groups is 1. The molecule has 0 aromatic heterocycles. The minimum absolute atomic E-state index is 0.0771. The molecule has 0 aliphatic heterocycles. The van der Waals surface area contributed by atoms with Gasteiger partial charge in [0.25, 0.3) is 0 Å². The van der Waals surface area contributed by atoms with Gasteiger partial charge >= 0.3 is 0 Å². The van der Waals surface area contributed by atoms with Crippen molar-refractivity contribution in [3.63, 3.8) is 0 Å². The minimum atomic E-state index is -0.0771. The predicted octanol–water partition coefficient (Wildman–Crippen LogP) is 5.68. The highest BCUT2D eigenvalue weighted by Gasteiger charge is 2.27. The number of thioether (sulfide) groups is 1. The van der Waals surface area contributed by atoms with Crippen molar-refractivity contribution in [2.45, 2.75) is 42.6 Å². The summed E-state index contributed by atoms with van der Waals surface area (Å²) in [5.41, 5.74) is 1.95. The molecule has 2 aromatic carbocycles. The van der Waals surface area contributed by atoms with Crippen molar-refractivity contribution in [1.82, 2.24) is 0 Å². The summed E-state index contributed by atoms with van der Waals surface area (Å²) in [5, 5.41) is 0.540. The SMILES string of the molecule is O=C(c1ccccc1)C(SC1CCCCC1)c1ccccc1. The Morgan fingerprint density at radius 1 is 0.864 bits per heavy atom. The average molecular weight is 310 g/mol. The maximum Gasteiger partial charge on any atom is 0.180 e. The lowest BCUT2D eigenvalue weighted by molar-refractivity contribution is 0.0989. The van der Waals surface area contributed by atoms with Gasteiger partial charge in [0.05, 0.1) is 5.25 Å². The monoisotopic (exact) mass is 310 g/mol. The fourth-order valence-corrected chi connectivity index (χ4v) is 4.63. The van der Waals surface area contributed by atoms with E-state index in [2.05, 4.69) is 12.1 Å². The second-order valence-corrected chi connectivity index (χ2v) is 7.33. The van der Waals surface area contributed by atoms with Crippen LogP contribution in [0.3, 0.4) is 0 Å². The fraction of sp³-hybridized carbons (Fsp3) is 0.350. The van der Waals surface area contributed by atoms with Gasteiger partial charge < -0.3 is 0 Å². The quantitative estimate of drug-likeness (QED) is 0.661. The van der Waals surface area contributed by atoms with Gasteiger partial charge in [-0.25, -0.2) is 0 Å². The topological polar surface area (TPSA) is 17.1 Å². The fourth-order valence-electron chi connectivity index (χ4n) is 3.07. The summed E-state index contributed by atoms with van der Waals surface area (Å²) < 4.78 is 0. The number of ketones is 1. The highest BCUT2D eigenvalue weighted by molar-refractivity contribution is 8.00. The van der Waals surface area contributed by atoms with E-state index in [0.29, 0.717) is 5.25 Å². The Balaban J connectivity index is 1.84. The summed E-state index contributed by atoms with van der Waals surface area (Å²) in [6.07, 6.45) is 6.45. The molecule has 1 nitrogen and oxygen atoms in total. The molecule has 2 aromatic rings. The third-order valence-corrected chi connectivity index (χ3v) is 5.89. The van der Waals surface area contributed by atoms with Gasteiger partial charge in [-0.2, -0.15) is 0 Å². The molecular weight excluding hydrogens is 288 g/mol. The summed E-state index contributed by atoms with van der Waals surface area (Å²) in [7, 11) is 0. The van der Waals surface area contributed by atoms with Crippen LogP contribution in [0.4, 0.5) is 0 Å². The van der Waals surface area contributed by atoms with E-state index in [4.69, 9.17) is 0 Å². The molecule has 2 heteroatoms. The molecule has 0 saturated heterocycles. The molecule has 114 valence electrons. The van der Waals surface area contributed by atoms with E-state index in [-0.39, 0.29) is 11.0 Å². The van der Waals surface area contributed by atoms with Crippen molar-refractivity contribution in [2.24, 2.45) is 0 Å². The summed E-state index contributed by atoms with van der Waals surface area (Å²) >= 11 is 1.87. The highest BCUT2D eigenvalue weighted by Crippen LogP contribution is 2.40. The van der Waals surface area contributed by atoms with Gasteiger partial charge in [-0.1, -0.05) is 79.9 Å². The molecule has 1 aliphatic carbocycles. The summed E-state index contributed by atoms with van der Waals surface area (Å²) in [6, 6.07) is 20.0. The second kappa shape index (κ2) is 7.64. The van der Waals surface area contributed by atoms with Crippen LogP contribution in [0.25, 0.3) is 0 Å². The molecule has 0 radical (unpaired) electrons. The number of hydrogen-bond acceptors (Lipinski definition) is 2. The van der Waals surface area contributed by atoms with Gasteiger partial charge in [0.1, 0.15) is 0 Å². The van der Waals surface area contributed by atoms with Crippen LogP contribution in [0, 0.1) is 0 Å². The number of Topliss-reactive ketones (excluding diaryl/α,β-unsaturated/α-hetero) is 1. The molecule has 3 rings (SSSR count). The zero-order valence-electron chi connectivity index (χ0n) is 12.8. The first-order chi connectivity index (χ1) is 10.8. The Bertz CT molecular complexity index is 588. The van der Waals surface area contributed by atoms with E-state index in [9.17, 15) is 4.79 Å². The van der Waals surface area contributed by atoms with Crippen LogP contribution in [0.2, 0.25) is 0 Å². The molecule has 1 saturated carbocycles. The lowest BCUT2D eigenvalue weighted by atomic mass is 10.0. The predicted molar refractivity (Wildman–Crippen MR) is 94.4 cm³/mol. The van der Waals surface area contributed by atoms with Gasteiger partial charge in [0, 0.05) is 10.8 Å². The molecule has 1 atom stereocenters. The number of benzene rings is 2.